The van der Waals surface area contributed by atoms with E-state index in [-0.39, 0.29) is 5.78 Å². The van der Waals surface area contributed by atoms with E-state index in [1.807, 2.05) is 10.8 Å². The van der Waals surface area contributed by atoms with Crippen LogP contribution in [0.1, 0.15) is 44.9 Å². The Hall–Kier alpha value is -1.16. The van der Waals surface area contributed by atoms with E-state index < -0.39 is 5.54 Å². The van der Waals surface area contributed by atoms with Gasteiger partial charge < -0.3 is 10.3 Å². The number of hydrogen-bond acceptors (Lipinski definition) is 3. The Kier molecular flexibility index (Phi) is 3.62. The fourth-order valence-electron chi connectivity index (χ4n) is 2.58. The number of aromatic nitrogens is 2. The predicted molar refractivity (Wildman–Crippen MR) is 66.6 cm³/mol. The van der Waals surface area contributed by atoms with Crippen molar-refractivity contribution in [2.75, 3.05) is 0 Å². The Balaban J connectivity index is 2.05. The third kappa shape index (κ3) is 2.57. The molecule has 0 amide bonds. The summed E-state index contributed by atoms with van der Waals surface area (Å²) in [6.45, 7) is 2.90. The summed E-state index contributed by atoms with van der Waals surface area (Å²) in [6.07, 6.45) is 9.04. The van der Waals surface area contributed by atoms with Crippen LogP contribution in [0.25, 0.3) is 0 Å². The number of hydrogen-bond donors (Lipinski definition) is 1. The Bertz CT molecular complexity index is 391. The molecular weight excluding hydrogens is 214 g/mol. The highest BCUT2D eigenvalue weighted by atomic mass is 16.1. The van der Waals surface area contributed by atoms with Gasteiger partial charge in [-0.3, -0.25) is 4.79 Å². The van der Waals surface area contributed by atoms with Gasteiger partial charge in [0, 0.05) is 18.9 Å². The van der Waals surface area contributed by atoms with Crippen LogP contribution in [0, 0.1) is 0 Å². The summed E-state index contributed by atoms with van der Waals surface area (Å²) in [5.74, 6) is 0.992. The predicted octanol–water partition coefficient (Wildman–Crippen LogP) is 1.68. The SMILES string of the molecule is CCn1ccnc1CC(=O)C1(N)CCCCC1. The molecule has 0 radical (unpaired) electrons. The number of carbonyl (C=O) groups excluding carboxylic acids is 1. The van der Waals surface area contributed by atoms with Crippen LogP contribution in [0.15, 0.2) is 12.4 Å². The summed E-state index contributed by atoms with van der Waals surface area (Å²) < 4.78 is 2.00. The molecule has 2 N–H and O–H groups in total. The van der Waals surface area contributed by atoms with E-state index in [9.17, 15) is 4.79 Å². The second-order valence-corrected chi connectivity index (χ2v) is 4.95. The number of nitrogens with zero attached hydrogens (tertiary/aromatic N) is 2. The number of ketones is 1. The van der Waals surface area contributed by atoms with Crippen LogP contribution in [-0.4, -0.2) is 20.9 Å². The van der Waals surface area contributed by atoms with Gasteiger partial charge in [0.05, 0.1) is 12.0 Å². The van der Waals surface area contributed by atoms with Gasteiger partial charge in [-0.1, -0.05) is 19.3 Å². The molecule has 1 aromatic rings. The summed E-state index contributed by atoms with van der Waals surface area (Å²) in [5, 5.41) is 0. The number of carbonyl (C=O) groups is 1. The van der Waals surface area contributed by atoms with Crippen LogP contribution in [0.2, 0.25) is 0 Å². The summed E-state index contributed by atoms with van der Waals surface area (Å²) in [4.78, 5) is 16.5. The van der Waals surface area contributed by atoms with Crippen molar-refractivity contribution in [2.24, 2.45) is 5.73 Å². The molecule has 0 aromatic carbocycles. The highest BCUT2D eigenvalue weighted by molar-refractivity contribution is 5.89. The molecule has 0 bridgehead atoms. The fourth-order valence-corrected chi connectivity index (χ4v) is 2.58. The first-order chi connectivity index (χ1) is 8.15. The van der Waals surface area contributed by atoms with Crippen molar-refractivity contribution in [3.63, 3.8) is 0 Å². The van der Waals surface area contributed by atoms with Crippen molar-refractivity contribution in [1.82, 2.24) is 9.55 Å². The number of rotatable bonds is 4. The molecule has 0 unspecified atom stereocenters. The normalized spacial score (nSPS) is 19.2. The van der Waals surface area contributed by atoms with E-state index in [0.29, 0.717) is 6.42 Å². The van der Waals surface area contributed by atoms with E-state index in [1.165, 1.54) is 6.42 Å². The fraction of sp³-hybridized carbons (Fsp3) is 0.692. The molecule has 17 heavy (non-hydrogen) atoms. The van der Waals surface area contributed by atoms with Gasteiger partial charge in [-0.25, -0.2) is 4.98 Å². The van der Waals surface area contributed by atoms with E-state index in [1.54, 1.807) is 6.20 Å². The lowest BCUT2D eigenvalue weighted by atomic mass is 9.78. The Morgan fingerprint density at radius 1 is 1.47 bits per heavy atom. The van der Waals surface area contributed by atoms with Crippen LogP contribution >= 0.6 is 0 Å². The zero-order chi connectivity index (χ0) is 12.3. The molecule has 4 nitrogen and oxygen atoms in total. The molecule has 4 heteroatoms. The molecule has 0 spiro atoms. The topological polar surface area (TPSA) is 60.9 Å². The van der Waals surface area contributed by atoms with E-state index in [2.05, 4.69) is 11.9 Å². The summed E-state index contributed by atoms with van der Waals surface area (Å²) in [7, 11) is 0. The van der Waals surface area contributed by atoms with Gasteiger partial charge in [0.15, 0.2) is 5.78 Å². The minimum atomic E-state index is -0.594. The molecule has 1 heterocycles. The number of nitrogens with two attached hydrogens (primary N) is 1. The summed E-state index contributed by atoms with van der Waals surface area (Å²) >= 11 is 0. The van der Waals surface area contributed by atoms with E-state index in [4.69, 9.17) is 5.73 Å². The third-order valence-corrected chi connectivity index (χ3v) is 3.76. The largest absolute Gasteiger partial charge is 0.335 e. The monoisotopic (exact) mass is 235 g/mol. The Morgan fingerprint density at radius 2 is 2.18 bits per heavy atom. The molecule has 0 saturated heterocycles. The Morgan fingerprint density at radius 3 is 2.82 bits per heavy atom. The van der Waals surface area contributed by atoms with Crippen LogP contribution in [0.4, 0.5) is 0 Å². The maximum atomic E-state index is 12.3. The molecule has 2 rings (SSSR count). The average Bonchev–Trinajstić information content (AvgIpc) is 2.77. The van der Waals surface area contributed by atoms with Crippen molar-refractivity contribution in [3.8, 4) is 0 Å². The second-order valence-electron chi connectivity index (χ2n) is 4.95. The highest BCUT2D eigenvalue weighted by Crippen LogP contribution is 2.27. The number of Topliss-reactive ketones (excluding diaryl/α,β-unsaturated/α-hetero) is 1. The van der Waals surface area contributed by atoms with E-state index in [0.717, 1.165) is 38.1 Å². The molecular formula is C13H21N3O. The smallest absolute Gasteiger partial charge is 0.160 e. The van der Waals surface area contributed by atoms with Crippen LogP contribution < -0.4 is 5.73 Å². The standard InChI is InChI=1S/C13H21N3O/c1-2-16-9-8-15-12(16)10-11(17)13(14)6-4-3-5-7-13/h8-9H,2-7,10,14H2,1H3. The molecule has 0 aliphatic heterocycles. The quantitative estimate of drug-likeness (QED) is 0.863. The van der Waals surface area contributed by atoms with Crippen LogP contribution in [0.3, 0.4) is 0 Å². The van der Waals surface area contributed by atoms with Crippen LogP contribution in [0.5, 0.6) is 0 Å². The first-order valence-corrected chi connectivity index (χ1v) is 6.48. The first kappa shape index (κ1) is 12.3. The number of aryl methyl sites for hydroxylation is 1. The molecule has 1 fully saturated rings. The first-order valence-electron chi connectivity index (χ1n) is 6.48. The third-order valence-electron chi connectivity index (χ3n) is 3.76. The van der Waals surface area contributed by atoms with Crippen molar-refractivity contribution in [1.29, 1.82) is 0 Å². The highest BCUT2D eigenvalue weighted by Gasteiger charge is 2.35. The molecule has 0 atom stereocenters. The van der Waals surface area contributed by atoms with Crippen molar-refractivity contribution >= 4 is 5.78 Å². The van der Waals surface area contributed by atoms with Crippen molar-refractivity contribution in [3.05, 3.63) is 18.2 Å². The molecule has 1 saturated carbocycles. The minimum Gasteiger partial charge on any atom is -0.335 e. The van der Waals surface area contributed by atoms with E-state index >= 15 is 0 Å². The Labute approximate surface area is 102 Å². The van der Waals surface area contributed by atoms with Gasteiger partial charge in [0.25, 0.3) is 0 Å². The number of imidazole rings is 1. The van der Waals surface area contributed by atoms with Crippen molar-refractivity contribution in [2.45, 2.75) is 57.5 Å². The van der Waals surface area contributed by atoms with Crippen molar-refractivity contribution < 1.29 is 4.79 Å². The average molecular weight is 235 g/mol. The van der Waals surface area contributed by atoms with Gasteiger partial charge in [-0.05, 0) is 19.8 Å². The summed E-state index contributed by atoms with van der Waals surface area (Å²) in [6, 6.07) is 0. The lowest BCUT2D eigenvalue weighted by Crippen LogP contribution is -2.50. The van der Waals surface area contributed by atoms with Gasteiger partial charge >= 0.3 is 0 Å². The van der Waals surface area contributed by atoms with Gasteiger partial charge in [0.1, 0.15) is 5.82 Å². The zero-order valence-corrected chi connectivity index (χ0v) is 10.5. The molecule has 1 aliphatic rings. The maximum absolute atomic E-state index is 12.3. The van der Waals surface area contributed by atoms with Gasteiger partial charge in [-0.15, -0.1) is 0 Å². The van der Waals surface area contributed by atoms with Gasteiger partial charge in [0.2, 0.25) is 0 Å². The molecule has 1 aromatic heterocycles. The zero-order valence-electron chi connectivity index (χ0n) is 10.5. The maximum Gasteiger partial charge on any atom is 0.160 e. The minimum absolute atomic E-state index is 0.151. The molecule has 94 valence electrons. The van der Waals surface area contributed by atoms with Crippen LogP contribution in [-0.2, 0) is 17.8 Å². The van der Waals surface area contributed by atoms with Gasteiger partial charge in [-0.2, -0.15) is 0 Å². The molecule has 1 aliphatic carbocycles. The lowest BCUT2D eigenvalue weighted by Gasteiger charge is -2.31. The lowest BCUT2D eigenvalue weighted by molar-refractivity contribution is -0.124. The second kappa shape index (κ2) is 5.00. The summed E-state index contributed by atoms with van der Waals surface area (Å²) in [5.41, 5.74) is 5.63.